The van der Waals surface area contributed by atoms with Gasteiger partial charge in [0.05, 0.1) is 17.7 Å². The Morgan fingerprint density at radius 3 is 2.79 bits per heavy atom. The summed E-state index contributed by atoms with van der Waals surface area (Å²) in [5.74, 6) is -1.05. The number of benzene rings is 2. The highest BCUT2D eigenvalue weighted by Gasteiger charge is 2.52. The van der Waals surface area contributed by atoms with E-state index in [4.69, 9.17) is 5.73 Å². The van der Waals surface area contributed by atoms with Gasteiger partial charge in [-0.3, -0.25) is 19.9 Å². The van der Waals surface area contributed by atoms with Crippen LogP contribution in [-0.2, 0) is 15.1 Å². The van der Waals surface area contributed by atoms with E-state index in [1.165, 1.54) is 0 Å². The molecule has 28 heavy (non-hydrogen) atoms. The number of imidazole rings is 1. The Bertz CT molecular complexity index is 1110. The van der Waals surface area contributed by atoms with Crippen LogP contribution < -0.4 is 16.4 Å². The number of aromatic nitrogens is 2. The number of H-pyrrole nitrogens is 1. The number of aromatic amines is 1. The number of hydrogen-bond acceptors (Lipinski definition) is 5. The SMILES string of the molecule is Cc1ccc(Br)cc1NC(=O)C1=NCNC1(C(N)=O)c1nc2ccccc2[nH]1. The molecule has 8 nitrogen and oxygen atoms in total. The van der Waals surface area contributed by atoms with Gasteiger partial charge < -0.3 is 16.0 Å². The van der Waals surface area contributed by atoms with E-state index in [9.17, 15) is 9.59 Å². The molecule has 4 rings (SSSR count). The fraction of sp³-hybridized carbons (Fsp3) is 0.158. The van der Waals surface area contributed by atoms with Crippen molar-refractivity contribution >= 4 is 50.2 Å². The topological polar surface area (TPSA) is 125 Å². The summed E-state index contributed by atoms with van der Waals surface area (Å²) in [5, 5.41) is 5.76. The maximum atomic E-state index is 13.0. The standard InChI is InChI=1S/C19H17BrN6O2/c1-10-6-7-11(20)8-14(10)24-16(27)15-19(17(21)28,23-9-22-15)18-25-12-4-2-3-5-13(12)26-18/h2-8,23H,9H2,1H3,(H2,21,28)(H,24,27)(H,25,26). The molecule has 0 saturated heterocycles. The van der Waals surface area contributed by atoms with Crippen LogP contribution in [0.15, 0.2) is 51.9 Å². The van der Waals surface area contributed by atoms with Gasteiger partial charge in [-0.05, 0) is 36.8 Å². The number of rotatable bonds is 4. The summed E-state index contributed by atoms with van der Waals surface area (Å²) < 4.78 is 0.818. The molecule has 9 heteroatoms. The molecule has 142 valence electrons. The average molecular weight is 441 g/mol. The normalized spacial score (nSPS) is 18.9. The highest BCUT2D eigenvalue weighted by Crippen LogP contribution is 2.28. The number of anilines is 1. The summed E-state index contributed by atoms with van der Waals surface area (Å²) in [4.78, 5) is 37.3. The molecule has 2 aromatic carbocycles. The first-order chi connectivity index (χ1) is 13.4. The molecule has 2 heterocycles. The van der Waals surface area contributed by atoms with Gasteiger partial charge in [0.25, 0.3) is 11.8 Å². The fourth-order valence-corrected chi connectivity index (χ4v) is 3.60. The average Bonchev–Trinajstić information content (AvgIpc) is 3.29. The minimum Gasteiger partial charge on any atom is -0.367 e. The van der Waals surface area contributed by atoms with Crippen LogP contribution in [0.1, 0.15) is 11.4 Å². The van der Waals surface area contributed by atoms with Crippen LogP contribution in [0.25, 0.3) is 11.0 Å². The molecule has 1 aliphatic rings. The van der Waals surface area contributed by atoms with E-state index < -0.39 is 17.4 Å². The number of halogens is 1. The predicted molar refractivity (Wildman–Crippen MR) is 110 cm³/mol. The lowest BCUT2D eigenvalue weighted by Crippen LogP contribution is -2.58. The number of aryl methyl sites for hydroxylation is 1. The largest absolute Gasteiger partial charge is 0.367 e. The van der Waals surface area contributed by atoms with E-state index in [0.717, 1.165) is 15.6 Å². The van der Waals surface area contributed by atoms with Crippen LogP contribution in [0.3, 0.4) is 0 Å². The lowest BCUT2D eigenvalue weighted by Gasteiger charge is -2.25. The van der Waals surface area contributed by atoms with Gasteiger partial charge >= 0.3 is 0 Å². The number of fused-ring (bicyclic) bond motifs is 1. The molecule has 3 aromatic rings. The molecule has 0 spiro atoms. The Balaban J connectivity index is 1.75. The van der Waals surface area contributed by atoms with E-state index in [1.54, 1.807) is 12.1 Å². The summed E-state index contributed by atoms with van der Waals surface area (Å²) >= 11 is 3.39. The maximum Gasteiger partial charge on any atom is 0.272 e. The van der Waals surface area contributed by atoms with Gasteiger partial charge in [-0.15, -0.1) is 0 Å². The summed E-state index contributed by atoms with van der Waals surface area (Å²) in [5.41, 5.74) is 6.94. The second-order valence-electron chi connectivity index (χ2n) is 6.47. The van der Waals surface area contributed by atoms with Gasteiger partial charge in [0.2, 0.25) is 5.54 Å². The molecule has 1 atom stereocenters. The molecular formula is C19H17BrN6O2. The molecule has 5 N–H and O–H groups in total. The second-order valence-corrected chi connectivity index (χ2v) is 7.39. The number of carbonyl (C=O) groups excluding carboxylic acids is 2. The number of para-hydroxylation sites is 2. The molecule has 0 fully saturated rings. The molecule has 1 aliphatic heterocycles. The quantitative estimate of drug-likeness (QED) is 0.494. The van der Waals surface area contributed by atoms with Gasteiger partial charge in [0, 0.05) is 10.2 Å². The minimum atomic E-state index is -1.64. The van der Waals surface area contributed by atoms with Crippen LogP contribution in [0.4, 0.5) is 5.69 Å². The van der Waals surface area contributed by atoms with Crippen molar-refractivity contribution in [2.75, 3.05) is 12.0 Å². The summed E-state index contributed by atoms with van der Waals surface area (Å²) in [7, 11) is 0. The maximum absolute atomic E-state index is 13.0. The smallest absolute Gasteiger partial charge is 0.272 e. The van der Waals surface area contributed by atoms with Crippen molar-refractivity contribution in [2.45, 2.75) is 12.5 Å². The zero-order chi connectivity index (χ0) is 19.9. The molecule has 0 aliphatic carbocycles. The Labute approximate surface area is 168 Å². The number of nitrogens with zero attached hydrogens (tertiary/aromatic N) is 2. The van der Waals surface area contributed by atoms with Crippen LogP contribution in [0.2, 0.25) is 0 Å². The number of nitrogens with one attached hydrogen (secondary N) is 3. The highest BCUT2D eigenvalue weighted by atomic mass is 79.9. The summed E-state index contributed by atoms with van der Waals surface area (Å²) in [6, 6.07) is 12.8. The van der Waals surface area contributed by atoms with Crippen LogP contribution in [-0.4, -0.2) is 34.2 Å². The first-order valence-electron chi connectivity index (χ1n) is 8.54. The van der Waals surface area contributed by atoms with Gasteiger partial charge in [-0.25, -0.2) is 4.98 Å². The Morgan fingerprint density at radius 2 is 2.04 bits per heavy atom. The lowest BCUT2D eigenvalue weighted by molar-refractivity contribution is -0.123. The third-order valence-electron chi connectivity index (χ3n) is 4.71. The zero-order valence-corrected chi connectivity index (χ0v) is 16.5. The van der Waals surface area contributed by atoms with Crippen molar-refractivity contribution < 1.29 is 9.59 Å². The van der Waals surface area contributed by atoms with Crippen molar-refractivity contribution in [1.29, 1.82) is 0 Å². The van der Waals surface area contributed by atoms with Crippen molar-refractivity contribution in [1.82, 2.24) is 15.3 Å². The number of amides is 2. The minimum absolute atomic E-state index is 0.0292. The van der Waals surface area contributed by atoms with E-state index in [2.05, 4.69) is 41.5 Å². The number of hydrogen-bond donors (Lipinski definition) is 4. The monoisotopic (exact) mass is 440 g/mol. The van der Waals surface area contributed by atoms with Gasteiger partial charge in [0.1, 0.15) is 11.5 Å². The lowest BCUT2D eigenvalue weighted by atomic mass is 9.91. The highest BCUT2D eigenvalue weighted by molar-refractivity contribution is 9.10. The van der Waals surface area contributed by atoms with E-state index >= 15 is 0 Å². The van der Waals surface area contributed by atoms with Gasteiger partial charge in [-0.1, -0.05) is 34.1 Å². The van der Waals surface area contributed by atoms with E-state index in [-0.39, 0.29) is 18.2 Å². The van der Waals surface area contributed by atoms with Gasteiger partial charge in [0.15, 0.2) is 0 Å². The molecular weight excluding hydrogens is 424 g/mol. The molecule has 0 bridgehead atoms. The summed E-state index contributed by atoms with van der Waals surface area (Å²) in [6.07, 6.45) is 0. The van der Waals surface area contributed by atoms with Crippen molar-refractivity contribution in [3.63, 3.8) is 0 Å². The van der Waals surface area contributed by atoms with Crippen molar-refractivity contribution in [2.24, 2.45) is 10.7 Å². The predicted octanol–water partition coefficient (Wildman–Crippen LogP) is 1.95. The van der Waals surface area contributed by atoms with Crippen molar-refractivity contribution in [3.05, 3.63) is 58.3 Å². The van der Waals surface area contributed by atoms with Crippen LogP contribution >= 0.6 is 15.9 Å². The zero-order valence-electron chi connectivity index (χ0n) is 14.9. The number of primary amides is 1. The second kappa shape index (κ2) is 6.84. The number of carbonyl (C=O) groups is 2. The van der Waals surface area contributed by atoms with Crippen LogP contribution in [0, 0.1) is 6.92 Å². The Kier molecular flexibility index (Phi) is 4.48. The van der Waals surface area contributed by atoms with E-state index in [0.29, 0.717) is 11.2 Å². The molecule has 1 unspecified atom stereocenters. The van der Waals surface area contributed by atoms with Crippen molar-refractivity contribution in [3.8, 4) is 0 Å². The summed E-state index contributed by atoms with van der Waals surface area (Å²) in [6.45, 7) is 1.94. The first kappa shape index (κ1) is 18.3. The van der Waals surface area contributed by atoms with Gasteiger partial charge in [-0.2, -0.15) is 0 Å². The first-order valence-corrected chi connectivity index (χ1v) is 9.33. The van der Waals surface area contributed by atoms with E-state index in [1.807, 2.05) is 37.3 Å². The number of aliphatic imine (C=N–C) groups is 1. The third-order valence-corrected chi connectivity index (χ3v) is 5.21. The Hall–Kier alpha value is -3.04. The van der Waals surface area contributed by atoms with Crippen LogP contribution in [0.5, 0.6) is 0 Å². The number of nitrogens with two attached hydrogens (primary N) is 1. The molecule has 0 saturated carbocycles. The Morgan fingerprint density at radius 1 is 1.25 bits per heavy atom. The third kappa shape index (κ3) is 2.88. The molecule has 1 aromatic heterocycles. The molecule has 0 radical (unpaired) electrons. The fourth-order valence-electron chi connectivity index (χ4n) is 3.24. The molecule has 2 amide bonds.